The largest absolute Gasteiger partial charge is 0.389 e. The number of aliphatic hydroxyl groups is 1. The van der Waals surface area contributed by atoms with Crippen molar-refractivity contribution >= 4 is 40.7 Å². The molecule has 1 aromatic rings. The minimum atomic E-state index is -0.838. The molecule has 2 N–H and O–H groups in total. The summed E-state index contributed by atoms with van der Waals surface area (Å²) in [5.41, 5.74) is 0.277. The van der Waals surface area contributed by atoms with Crippen LogP contribution in [0.4, 0.5) is 0 Å². The molecule has 0 bridgehead atoms. The van der Waals surface area contributed by atoms with E-state index in [1.807, 2.05) is 6.92 Å². The van der Waals surface area contributed by atoms with Gasteiger partial charge in [-0.2, -0.15) is 0 Å². The van der Waals surface area contributed by atoms with E-state index in [0.29, 0.717) is 22.0 Å². The molecule has 20 heavy (non-hydrogen) atoms. The van der Waals surface area contributed by atoms with Gasteiger partial charge < -0.3 is 10.4 Å². The van der Waals surface area contributed by atoms with E-state index in [4.69, 9.17) is 34.8 Å². The molecule has 0 saturated carbocycles. The molecule has 0 aliphatic heterocycles. The van der Waals surface area contributed by atoms with Crippen LogP contribution in [0.25, 0.3) is 0 Å². The molecule has 2 atom stereocenters. The Morgan fingerprint density at radius 1 is 1.40 bits per heavy atom. The molecule has 0 heterocycles. The number of amides is 1. The van der Waals surface area contributed by atoms with E-state index in [1.54, 1.807) is 26.0 Å². The number of alkyl halides is 1. The van der Waals surface area contributed by atoms with Crippen molar-refractivity contribution in [1.29, 1.82) is 0 Å². The van der Waals surface area contributed by atoms with E-state index in [9.17, 15) is 9.90 Å². The quantitative estimate of drug-likeness (QED) is 0.802. The van der Waals surface area contributed by atoms with Crippen molar-refractivity contribution in [2.75, 3.05) is 5.88 Å². The number of nitrogens with one attached hydrogen (secondary N) is 1. The molecule has 0 aliphatic rings. The third kappa shape index (κ3) is 3.79. The van der Waals surface area contributed by atoms with Gasteiger partial charge in [0.15, 0.2) is 0 Å². The summed E-state index contributed by atoms with van der Waals surface area (Å²) < 4.78 is 0. The average molecular weight is 339 g/mol. The van der Waals surface area contributed by atoms with Crippen molar-refractivity contribution in [3.63, 3.8) is 0 Å². The lowest BCUT2D eigenvalue weighted by molar-refractivity contribution is 0.0651. The summed E-state index contributed by atoms with van der Waals surface area (Å²) in [5, 5.41) is 13.6. The Morgan fingerprint density at radius 3 is 2.30 bits per heavy atom. The van der Waals surface area contributed by atoms with Crippen LogP contribution in [-0.2, 0) is 0 Å². The molecular weight excluding hydrogens is 321 g/mol. The first-order chi connectivity index (χ1) is 9.25. The van der Waals surface area contributed by atoms with Gasteiger partial charge in [0.1, 0.15) is 0 Å². The summed E-state index contributed by atoms with van der Waals surface area (Å²) in [6.07, 6.45) is -0.297. The summed E-state index contributed by atoms with van der Waals surface area (Å²) in [4.78, 5) is 12.3. The van der Waals surface area contributed by atoms with Crippen molar-refractivity contribution in [2.45, 2.75) is 38.8 Å². The molecule has 0 radical (unpaired) electrons. The lowest BCUT2D eigenvalue weighted by Crippen LogP contribution is -2.54. The number of benzene rings is 1. The van der Waals surface area contributed by atoms with E-state index in [2.05, 4.69) is 5.32 Å². The Balaban J connectivity index is 3.02. The fourth-order valence-corrected chi connectivity index (χ4v) is 2.51. The zero-order valence-electron chi connectivity index (χ0n) is 11.6. The fourth-order valence-electron chi connectivity index (χ4n) is 1.69. The topological polar surface area (TPSA) is 49.3 Å². The van der Waals surface area contributed by atoms with Crippen LogP contribution in [0.5, 0.6) is 0 Å². The number of carbonyl (C=O) groups is 1. The van der Waals surface area contributed by atoms with Gasteiger partial charge in [-0.3, -0.25) is 4.79 Å². The molecule has 0 aliphatic carbocycles. The van der Waals surface area contributed by atoms with Gasteiger partial charge in [0.2, 0.25) is 0 Å². The van der Waals surface area contributed by atoms with E-state index < -0.39 is 11.6 Å². The summed E-state index contributed by atoms with van der Waals surface area (Å²) in [6, 6.07) is 3.11. The maximum Gasteiger partial charge on any atom is 0.251 e. The molecular formula is C14H18Cl3NO2. The van der Waals surface area contributed by atoms with Crippen LogP contribution in [0, 0.1) is 6.92 Å². The molecule has 1 aromatic carbocycles. The molecule has 6 heteroatoms. The Hall–Kier alpha value is -0.480. The maximum absolute atomic E-state index is 12.3. The molecule has 0 fully saturated rings. The van der Waals surface area contributed by atoms with Gasteiger partial charge in [-0.15, -0.1) is 11.6 Å². The van der Waals surface area contributed by atoms with Crippen LogP contribution in [0.15, 0.2) is 12.1 Å². The first kappa shape index (κ1) is 17.6. The molecule has 3 nitrogen and oxygen atoms in total. The summed E-state index contributed by atoms with van der Waals surface area (Å²) >= 11 is 17.7. The van der Waals surface area contributed by atoms with Gasteiger partial charge >= 0.3 is 0 Å². The summed E-state index contributed by atoms with van der Waals surface area (Å²) in [6.45, 7) is 5.39. The minimum Gasteiger partial charge on any atom is -0.389 e. The number of aliphatic hydroxyl groups excluding tert-OH is 1. The molecule has 2 unspecified atom stereocenters. The number of hydrogen-bond donors (Lipinski definition) is 2. The van der Waals surface area contributed by atoms with Crippen molar-refractivity contribution in [3.05, 3.63) is 33.3 Å². The highest BCUT2D eigenvalue weighted by molar-refractivity contribution is 6.36. The SMILES string of the molecule is CCC(C)(NC(=O)c1cc(Cl)c(C)c(Cl)c1)C(O)CCl. The smallest absolute Gasteiger partial charge is 0.251 e. The van der Waals surface area contributed by atoms with E-state index >= 15 is 0 Å². The third-order valence-corrected chi connectivity index (χ3v) is 4.64. The Labute approximate surface area is 134 Å². The highest BCUT2D eigenvalue weighted by Gasteiger charge is 2.32. The first-order valence-corrected chi connectivity index (χ1v) is 7.56. The Kier molecular flexibility index (Phi) is 6.14. The second-order valence-electron chi connectivity index (χ2n) is 4.96. The third-order valence-electron chi connectivity index (χ3n) is 3.56. The van der Waals surface area contributed by atoms with E-state index in [-0.39, 0.29) is 11.8 Å². The first-order valence-electron chi connectivity index (χ1n) is 6.27. The zero-order chi connectivity index (χ0) is 15.5. The zero-order valence-corrected chi connectivity index (χ0v) is 13.9. The van der Waals surface area contributed by atoms with Crippen molar-refractivity contribution in [3.8, 4) is 0 Å². The molecule has 0 saturated heterocycles. The number of hydrogen-bond acceptors (Lipinski definition) is 2. The predicted octanol–water partition coefficient (Wildman–Crippen LogP) is 3.80. The number of rotatable bonds is 5. The molecule has 0 spiro atoms. The highest BCUT2D eigenvalue weighted by Crippen LogP contribution is 2.26. The number of carbonyl (C=O) groups excluding carboxylic acids is 1. The Morgan fingerprint density at radius 2 is 1.90 bits per heavy atom. The van der Waals surface area contributed by atoms with Crippen molar-refractivity contribution in [2.24, 2.45) is 0 Å². The average Bonchev–Trinajstić information content (AvgIpc) is 2.42. The molecule has 0 aromatic heterocycles. The van der Waals surface area contributed by atoms with Crippen LogP contribution in [0.1, 0.15) is 36.2 Å². The Bertz CT molecular complexity index is 484. The van der Waals surface area contributed by atoms with Crippen molar-refractivity contribution < 1.29 is 9.90 Å². The number of halogens is 3. The standard InChI is InChI=1S/C14H18Cl3NO2/c1-4-14(3,12(19)7-15)18-13(20)9-5-10(16)8(2)11(17)6-9/h5-6,12,19H,4,7H2,1-3H3,(H,18,20). The second-order valence-corrected chi connectivity index (χ2v) is 6.08. The lowest BCUT2D eigenvalue weighted by Gasteiger charge is -2.33. The lowest BCUT2D eigenvalue weighted by atomic mass is 9.92. The van der Waals surface area contributed by atoms with E-state index in [0.717, 1.165) is 5.56 Å². The van der Waals surface area contributed by atoms with Crippen molar-refractivity contribution in [1.82, 2.24) is 5.32 Å². The van der Waals surface area contributed by atoms with Crippen LogP contribution in [0.2, 0.25) is 10.0 Å². The second kappa shape index (κ2) is 6.99. The van der Waals surface area contributed by atoms with E-state index in [1.165, 1.54) is 0 Å². The summed E-state index contributed by atoms with van der Waals surface area (Å²) in [5.74, 6) is -0.303. The fraction of sp³-hybridized carbons (Fsp3) is 0.500. The van der Waals surface area contributed by atoms with Gasteiger partial charge in [-0.25, -0.2) is 0 Å². The summed E-state index contributed by atoms with van der Waals surface area (Å²) in [7, 11) is 0. The molecule has 1 rings (SSSR count). The predicted molar refractivity (Wildman–Crippen MR) is 84.1 cm³/mol. The minimum absolute atomic E-state index is 0.0417. The van der Waals surface area contributed by atoms with Crippen LogP contribution in [0.3, 0.4) is 0 Å². The normalized spacial score (nSPS) is 15.6. The van der Waals surface area contributed by atoms with Gasteiger partial charge in [0.05, 0.1) is 17.5 Å². The maximum atomic E-state index is 12.3. The highest BCUT2D eigenvalue weighted by atomic mass is 35.5. The van der Waals surface area contributed by atoms with Gasteiger partial charge in [-0.1, -0.05) is 30.1 Å². The molecule has 112 valence electrons. The van der Waals surface area contributed by atoms with Gasteiger partial charge in [0.25, 0.3) is 5.91 Å². The van der Waals surface area contributed by atoms with Crippen LogP contribution >= 0.6 is 34.8 Å². The van der Waals surface area contributed by atoms with Crippen LogP contribution in [-0.4, -0.2) is 28.5 Å². The van der Waals surface area contributed by atoms with Gasteiger partial charge in [0, 0.05) is 15.6 Å². The van der Waals surface area contributed by atoms with Gasteiger partial charge in [-0.05, 0) is 38.0 Å². The van der Waals surface area contributed by atoms with Crippen LogP contribution < -0.4 is 5.32 Å². The molecule has 1 amide bonds. The monoisotopic (exact) mass is 337 g/mol.